The minimum absolute atomic E-state index is 0.651. The van der Waals surface area contributed by atoms with Crippen molar-refractivity contribution in [2.24, 2.45) is 0 Å². The van der Waals surface area contributed by atoms with Crippen LogP contribution in [0.3, 0.4) is 0 Å². The molecule has 0 N–H and O–H groups in total. The van der Waals surface area contributed by atoms with Gasteiger partial charge in [-0.05, 0) is 12.1 Å². The Morgan fingerprint density at radius 2 is 2.54 bits per heavy atom. The van der Waals surface area contributed by atoms with Crippen molar-refractivity contribution in [2.75, 3.05) is 5.75 Å². The van der Waals surface area contributed by atoms with Gasteiger partial charge in [-0.3, -0.25) is 0 Å². The molecule has 2 nitrogen and oxygen atoms in total. The first-order valence-corrected chi connectivity index (χ1v) is 4.99. The standard InChI is InChI=1S/C9H7ClN2S/c10-8-4-3-6-12-9(8)13-7-2-1-5-11/h1-4,6H,7H2/b2-1+. The van der Waals surface area contributed by atoms with E-state index >= 15 is 0 Å². The molecule has 0 aromatic carbocycles. The largest absolute Gasteiger partial charge is 0.248 e. The Balaban J connectivity index is 2.51. The Hall–Kier alpha value is -0.980. The van der Waals surface area contributed by atoms with Crippen LogP contribution in [-0.4, -0.2) is 10.7 Å². The molecule has 0 spiro atoms. The highest BCUT2D eigenvalue weighted by Crippen LogP contribution is 2.23. The van der Waals surface area contributed by atoms with Crippen LogP contribution in [-0.2, 0) is 0 Å². The number of thioether (sulfide) groups is 1. The van der Waals surface area contributed by atoms with Crippen molar-refractivity contribution in [3.8, 4) is 6.07 Å². The van der Waals surface area contributed by atoms with Crippen LogP contribution in [0.15, 0.2) is 35.5 Å². The maximum atomic E-state index is 8.23. The summed E-state index contributed by atoms with van der Waals surface area (Å²) in [7, 11) is 0. The summed E-state index contributed by atoms with van der Waals surface area (Å²) in [5.74, 6) is 0.713. The molecule has 0 saturated heterocycles. The van der Waals surface area contributed by atoms with Crippen molar-refractivity contribution >= 4 is 23.4 Å². The maximum absolute atomic E-state index is 8.23. The van der Waals surface area contributed by atoms with E-state index in [0.29, 0.717) is 10.8 Å². The fourth-order valence-electron chi connectivity index (χ4n) is 0.705. The van der Waals surface area contributed by atoms with E-state index in [2.05, 4.69) is 4.98 Å². The SMILES string of the molecule is N#C/C=C/CSc1ncccc1Cl. The molecule has 0 unspecified atom stereocenters. The van der Waals surface area contributed by atoms with Gasteiger partial charge in [0.2, 0.25) is 0 Å². The second kappa shape index (κ2) is 5.63. The lowest BCUT2D eigenvalue weighted by Gasteiger charge is -1.98. The first-order chi connectivity index (χ1) is 6.34. The molecule has 0 radical (unpaired) electrons. The van der Waals surface area contributed by atoms with Crippen LogP contribution < -0.4 is 0 Å². The Bertz CT molecular complexity index is 344. The molecule has 0 aliphatic carbocycles. The Morgan fingerprint density at radius 1 is 1.69 bits per heavy atom. The van der Waals surface area contributed by atoms with E-state index < -0.39 is 0 Å². The molecule has 0 atom stereocenters. The zero-order valence-electron chi connectivity index (χ0n) is 6.77. The molecule has 0 bridgehead atoms. The van der Waals surface area contributed by atoms with E-state index in [1.165, 1.54) is 17.8 Å². The third kappa shape index (κ3) is 3.49. The summed E-state index contributed by atoms with van der Waals surface area (Å²) in [6, 6.07) is 5.51. The van der Waals surface area contributed by atoms with Crippen LogP contribution in [0.25, 0.3) is 0 Å². The number of halogens is 1. The molecule has 0 saturated carbocycles. The third-order valence-corrected chi connectivity index (χ3v) is 2.61. The fraction of sp³-hybridized carbons (Fsp3) is 0.111. The van der Waals surface area contributed by atoms with E-state index in [-0.39, 0.29) is 0 Å². The summed E-state index contributed by atoms with van der Waals surface area (Å²) in [6.45, 7) is 0. The average molecular weight is 211 g/mol. The van der Waals surface area contributed by atoms with Crippen LogP contribution in [0.4, 0.5) is 0 Å². The van der Waals surface area contributed by atoms with E-state index in [1.54, 1.807) is 24.4 Å². The van der Waals surface area contributed by atoms with Crippen LogP contribution in [0.2, 0.25) is 5.02 Å². The van der Waals surface area contributed by atoms with Gasteiger partial charge in [-0.2, -0.15) is 5.26 Å². The predicted octanol–water partition coefficient (Wildman–Crippen LogP) is 2.91. The summed E-state index contributed by atoms with van der Waals surface area (Å²) in [4.78, 5) is 4.09. The molecule has 1 heterocycles. The summed E-state index contributed by atoms with van der Waals surface area (Å²) >= 11 is 7.37. The number of hydrogen-bond acceptors (Lipinski definition) is 3. The molecule has 1 aromatic rings. The molecule has 0 amide bonds. The Morgan fingerprint density at radius 3 is 3.23 bits per heavy atom. The molecular weight excluding hydrogens is 204 g/mol. The van der Waals surface area contributed by atoms with Crippen LogP contribution >= 0.6 is 23.4 Å². The summed E-state index contributed by atoms with van der Waals surface area (Å²) in [5, 5.41) is 9.68. The first-order valence-electron chi connectivity index (χ1n) is 3.62. The van der Waals surface area contributed by atoms with Gasteiger partial charge in [0.1, 0.15) is 5.03 Å². The number of aromatic nitrogens is 1. The van der Waals surface area contributed by atoms with Gasteiger partial charge in [0.15, 0.2) is 0 Å². The molecule has 4 heteroatoms. The normalized spacial score (nSPS) is 10.2. The van der Waals surface area contributed by atoms with Crippen molar-refractivity contribution < 1.29 is 0 Å². The van der Waals surface area contributed by atoms with Crippen LogP contribution in [0, 0.1) is 11.3 Å². The predicted molar refractivity (Wildman–Crippen MR) is 54.7 cm³/mol. The van der Waals surface area contributed by atoms with Gasteiger partial charge in [-0.25, -0.2) is 4.98 Å². The minimum Gasteiger partial charge on any atom is -0.248 e. The minimum atomic E-state index is 0.651. The molecule has 1 aromatic heterocycles. The molecule has 13 heavy (non-hydrogen) atoms. The number of hydrogen-bond donors (Lipinski definition) is 0. The summed E-state index contributed by atoms with van der Waals surface area (Å²) in [6.07, 6.45) is 4.92. The lowest BCUT2D eigenvalue weighted by atomic mass is 10.5. The van der Waals surface area contributed by atoms with Gasteiger partial charge in [0.05, 0.1) is 11.1 Å². The van der Waals surface area contributed by atoms with Gasteiger partial charge in [-0.15, -0.1) is 11.8 Å². The summed E-state index contributed by atoms with van der Waals surface area (Å²) < 4.78 is 0. The van der Waals surface area contributed by atoms with Gasteiger partial charge in [0, 0.05) is 18.0 Å². The van der Waals surface area contributed by atoms with E-state index in [1.807, 2.05) is 6.07 Å². The zero-order valence-corrected chi connectivity index (χ0v) is 8.35. The number of pyridine rings is 1. The summed E-state index contributed by atoms with van der Waals surface area (Å²) in [5.41, 5.74) is 0. The lowest BCUT2D eigenvalue weighted by Crippen LogP contribution is -1.80. The number of nitrogens with zero attached hydrogens (tertiary/aromatic N) is 2. The lowest BCUT2D eigenvalue weighted by molar-refractivity contribution is 1.14. The number of rotatable bonds is 3. The topological polar surface area (TPSA) is 36.7 Å². The second-order valence-electron chi connectivity index (χ2n) is 2.13. The van der Waals surface area contributed by atoms with Gasteiger partial charge < -0.3 is 0 Å². The van der Waals surface area contributed by atoms with Crippen molar-refractivity contribution in [3.63, 3.8) is 0 Å². The smallest absolute Gasteiger partial charge is 0.115 e. The third-order valence-electron chi connectivity index (χ3n) is 1.23. The van der Waals surface area contributed by atoms with E-state index in [9.17, 15) is 0 Å². The van der Waals surface area contributed by atoms with Crippen LogP contribution in [0.1, 0.15) is 0 Å². The Kier molecular flexibility index (Phi) is 4.37. The highest BCUT2D eigenvalue weighted by atomic mass is 35.5. The second-order valence-corrected chi connectivity index (χ2v) is 3.55. The molecule has 1 rings (SSSR count). The first kappa shape index (κ1) is 10.1. The molecular formula is C9H7ClN2S. The van der Waals surface area contributed by atoms with E-state index in [0.717, 1.165) is 5.03 Å². The number of nitriles is 1. The fourth-order valence-corrected chi connectivity index (χ4v) is 1.68. The highest BCUT2D eigenvalue weighted by Gasteiger charge is 1.98. The zero-order chi connectivity index (χ0) is 9.52. The molecule has 0 aliphatic rings. The van der Waals surface area contributed by atoms with Crippen molar-refractivity contribution in [2.45, 2.75) is 5.03 Å². The van der Waals surface area contributed by atoms with Crippen molar-refractivity contribution in [3.05, 3.63) is 35.5 Å². The number of allylic oxidation sites excluding steroid dienone is 1. The monoisotopic (exact) mass is 210 g/mol. The van der Waals surface area contributed by atoms with Gasteiger partial charge in [-0.1, -0.05) is 17.7 Å². The Labute approximate surface area is 86.2 Å². The molecule has 66 valence electrons. The van der Waals surface area contributed by atoms with E-state index in [4.69, 9.17) is 16.9 Å². The van der Waals surface area contributed by atoms with Gasteiger partial charge >= 0.3 is 0 Å². The highest BCUT2D eigenvalue weighted by molar-refractivity contribution is 7.99. The maximum Gasteiger partial charge on any atom is 0.115 e. The van der Waals surface area contributed by atoms with Crippen molar-refractivity contribution in [1.29, 1.82) is 5.26 Å². The molecule has 0 aliphatic heterocycles. The quantitative estimate of drug-likeness (QED) is 0.569. The van der Waals surface area contributed by atoms with Crippen molar-refractivity contribution in [1.82, 2.24) is 4.98 Å². The molecule has 0 fully saturated rings. The van der Waals surface area contributed by atoms with Gasteiger partial charge in [0.25, 0.3) is 0 Å². The van der Waals surface area contributed by atoms with Crippen LogP contribution in [0.5, 0.6) is 0 Å². The average Bonchev–Trinajstić information content (AvgIpc) is 2.15.